The Morgan fingerprint density at radius 1 is 1.13 bits per heavy atom. The lowest BCUT2D eigenvalue weighted by Gasteiger charge is -2.38. The standard InChI is InChI=1S/C32H36F2N6O6/c1-3-37(27-7-6-21(10-25(27)33)40-16-22(46-32(40)45)13-36-18(2)41)14-19-15-38(9-8-35-19)29-12-28-23(11-26(29)34)30(42)24(31(43)44)17-39(28)20-4-5-20/h6-7,10-12,17,19-20,22,35H,3-5,8-9,13-16H2,1-2H3,(H,36,41)(H,43,44)/t19?,22-/m0/s1. The molecule has 1 aliphatic carbocycles. The van der Waals surface area contributed by atoms with Gasteiger partial charge in [-0.25, -0.2) is 18.4 Å². The fourth-order valence-corrected chi connectivity index (χ4v) is 6.25. The number of hydrogen-bond donors (Lipinski definition) is 3. The summed E-state index contributed by atoms with van der Waals surface area (Å²) >= 11 is 0. The summed E-state index contributed by atoms with van der Waals surface area (Å²) in [5.41, 5.74) is 0.448. The van der Waals surface area contributed by atoms with Crippen LogP contribution in [0.5, 0.6) is 0 Å². The maximum atomic E-state index is 15.6. The molecule has 0 radical (unpaired) electrons. The van der Waals surface area contributed by atoms with E-state index in [1.165, 1.54) is 24.1 Å². The number of benzene rings is 2. The van der Waals surface area contributed by atoms with Crippen LogP contribution in [0.15, 0.2) is 41.3 Å². The van der Waals surface area contributed by atoms with Crippen molar-refractivity contribution >= 4 is 45.9 Å². The first-order valence-corrected chi connectivity index (χ1v) is 15.4. The van der Waals surface area contributed by atoms with Gasteiger partial charge in [-0.15, -0.1) is 0 Å². The van der Waals surface area contributed by atoms with E-state index in [4.69, 9.17) is 4.74 Å². The van der Waals surface area contributed by atoms with Gasteiger partial charge in [0.2, 0.25) is 11.3 Å². The summed E-state index contributed by atoms with van der Waals surface area (Å²) in [6.45, 7) is 5.99. The van der Waals surface area contributed by atoms with E-state index in [1.807, 2.05) is 16.7 Å². The largest absolute Gasteiger partial charge is 0.477 e. The first kappa shape index (κ1) is 31.3. The second-order valence-corrected chi connectivity index (χ2v) is 12.0. The van der Waals surface area contributed by atoms with Crippen molar-refractivity contribution in [1.82, 2.24) is 15.2 Å². The zero-order chi connectivity index (χ0) is 32.7. The van der Waals surface area contributed by atoms with Crippen molar-refractivity contribution in [3.8, 4) is 0 Å². The van der Waals surface area contributed by atoms with Gasteiger partial charge in [-0.2, -0.15) is 0 Å². The van der Waals surface area contributed by atoms with E-state index < -0.39 is 35.2 Å². The number of hydrogen-bond acceptors (Lipinski definition) is 8. The van der Waals surface area contributed by atoms with E-state index >= 15 is 8.78 Å². The molecule has 3 heterocycles. The number of nitrogens with one attached hydrogen (secondary N) is 2. The number of nitrogens with zero attached hydrogens (tertiary/aromatic N) is 4. The highest BCUT2D eigenvalue weighted by molar-refractivity contribution is 5.94. The number of pyridine rings is 1. The highest BCUT2D eigenvalue weighted by Gasteiger charge is 2.33. The van der Waals surface area contributed by atoms with Crippen LogP contribution < -0.4 is 30.8 Å². The van der Waals surface area contributed by atoms with Crippen LogP contribution in [0.1, 0.15) is 43.1 Å². The normalized spacial score (nSPS) is 19.8. The molecule has 1 saturated carbocycles. The van der Waals surface area contributed by atoms with E-state index in [-0.39, 0.29) is 42.0 Å². The molecular weight excluding hydrogens is 602 g/mol. The number of ether oxygens (including phenoxy) is 1. The van der Waals surface area contributed by atoms with Crippen molar-refractivity contribution in [1.29, 1.82) is 0 Å². The van der Waals surface area contributed by atoms with Crippen molar-refractivity contribution in [3.05, 3.63) is 63.9 Å². The van der Waals surface area contributed by atoms with Crippen molar-refractivity contribution in [3.63, 3.8) is 0 Å². The lowest BCUT2D eigenvalue weighted by molar-refractivity contribution is -0.119. The van der Waals surface area contributed by atoms with Gasteiger partial charge in [0.15, 0.2) is 0 Å². The van der Waals surface area contributed by atoms with Crippen LogP contribution in [0.2, 0.25) is 0 Å². The smallest absolute Gasteiger partial charge is 0.414 e. The molecule has 2 amide bonds. The molecule has 2 atom stereocenters. The third-order valence-corrected chi connectivity index (χ3v) is 8.73. The number of carbonyl (C=O) groups is 3. The number of cyclic esters (lactones) is 1. The van der Waals surface area contributed by atoms with Crippen molar-refractivity contribution in [2.45, 2.75) is 44.9 Å². The maximum Gasteiger partial charge on any atom is 0.414 e. The average Bonchev–Trinajstić information content (AvgIpc) is 3.80. The first-order chi connectivity index (χ1) is 22.0. The predicted molar refractivity (Wildman–Crippen MR) is 168 cm³/mol. The number of halogens is 2. The Morgan fingerprint density at radius 2 is 1.91 bits per heavy atom. The van der Waals surface area contributed by atoms with E-state index in [0.29, 0.717) is 55.3 Å². The van der Waals surface area contributed by atoms with Gasteiger partial charge in [-0.1, -0.05) is 0 Å². The summed E-state index contributed by atoms with van der Waals surface area (Å²) in [6.07, 6.45) is 1.92. The molecule has 0 spiro atoms. The molecule has 1 aromatic heterocycles. The topological polar surface area (TPSA) is 136 Å². The van der Waals surface area contributed by atoms with Gasteiger partial charge < -0.3 is 34.8 Å². The van der Waals surface area contributed by atoms with Gasteiger partial charge in [0.05, 0.1) is 35.7 Å². The number of aromatic carboxylic acids is 1. The molecule has 3 fully saturated rings. The first-order valence-electron chi connectivity index (χ1n) is 15.4. The second-order valence-electron chi connectivity index (χ2n) is 12.0. The number of carboxylic acids is 1. The van der Waals surface area contributed by atoms with Crippen LogP contribution in [0.25, 0.3) is 10.9 Å². The lowest BCUT2D eigenvalue weighted by atomic mass is 10.1. The minimum Gasteiger partial charge on any atom is -0.477 e. The Hall–Kier alpha value is -4.72. The summed E-state index contributed by atoms with van der Waals surface area (Å²) in [5.74, 6) is -2.69. The van der Waals surface area contributed by atoms with Crippen LogP contribution in [-0.4, -0.2) is 85.6 Å². The zero-order valence-corrected chi connectivity index (χ0v) is 25.6. The highest BCUT2D eigenvalue weighted by Crippen LogP contribution is 2.38. The quantitative estimate of drug-likeness (QED) is 0.306. The summed E-state index contributed by atoms with van der Waals surface area (Å²) in [7, 11) is 0. The molecule has 244 valence electrons. The number of piperazine rings is 1. The summed E-state index contributed by atoms with van der Waals surface area (Å²) in [4.78, 5) is 53.3. The molecule has 3 aromatic rings. The van der Waals surface area contributed by atoms with E-state index in [2.05, 4.69) is 10.6 Å². The van der Waals surface area contributed by atoms with Gasteiger partial charge in [-0.05, 0) is 50.1 Å². The number of fused-ring (bicyclic) bond motifs is 1. The van der Waals surface area contributed by atoms with Gasteiger partial charge in [0.25, 0.3) is 0 Å². The van der Waals surface area contributed by atoms with Crippen LogP contribution in [0.3, 0.4) is 0 Å². The lowest BCUT2D eigenvalue weighted by Crippen LogP contribution is -2.55. The van der Waals surface area contributed by atoms with Gasteiger partial charge in [-0.3, -0.25) is 14.5 Å². The van der Waals surface area contributed by atoms with Gasteiger partial charge in [0.1, 0.15) is 23.3 Å². The minimum absolute atomic E-state index is 0.0428. The number of carboxylic acid groups (broad SMARTS) is 1. The molecule has 2 aromatic carbocycles. The number of amides is 2. The molecule has 3 N–H and O–H groups in total. The summed E-state index contributed by atoms with van der Waals surface area (Å²) < 4.78 is 38.1. The Kier molecular flexibility index (Phi) is 8.55. The van der Waals surface area contributed by atoms with Gasteiger partial charge >= 0.3 is 12.1 Å². The van der Waals surface area contributed by atoms with E-state index in [9.17, 15) is 24.3 Å². The van der Waals surface area contributed by atoms with E-state index in [1.54, 1.807) is 22.8 Å². The Morgan fingerprint density at radius 3 is 2.59 bits per heavy atom. The van der Waals surface area contributed by atoms with Crippen LogP contribution >= 0.6 is 0 Å². The molecule has 0 bridgehead atoms. The number of rotatable bonds is 10. The molecule has 2 saturated heterocycles. The number of aromatic nitrogens is 1. The maximum absolute atomic E-state index is 15.6. The fourth-order valence-electron chi connectivity index (χ4n) is 6.25. The molecule has 12 nitrogen and oxygen atoms in total. The average molecular weight is 639 g/mol. The predicted octanol–water partition coefficient (Wildman–Crippen LogP) is 3.08. The molecule has 2 aliphatic heterocycles. The van der Waals surface area contributed by atoms with Crippen molar-refractivity contribution < 1.29 is 33.0 Å². The van der Waals surface area contributed by atoms with Crippen molar-refractivity contribution in [2.75, 3.05) is 60.5 Å². The van der Waals surface area contributed by atoms with Crippen LogP contribution in [0, 0.1) is 11.6 Å². The van der Waals surface area contributed by atoms with E-state index in [0.717, 1.165) is 18.9 Å². The van der Waals surface area contributed by atoms with Crippen LogP contribution in [0.4, 0.5) is 30.6 Å². The monoisotopic (exact) mass is 638 g/mol. The molecule has 46 heavy (non-hydrogen) atoms. The molecular formula is C32H36F2N6O6. The zero-order valence-electron chi connectivity index (χ0n) is 25.6. The highest BCUT2D eigenvalue weighted by atomic mass is 19.1. The number of likely N-dealkylation sites (N-methyl/N-ethyl adjacent to an activating group) is 1. The number of carbonyl (C=O) groups excluding carboxylic acids is 2. The SMILES string of the molecule is CCN(CC1CN(c2cc3c(cc2F)c(=O)c(C(=O)O)cn3C2CC2)CCN1)c1ccc(N2C[C@H](CNC(C)=O)OC2=O)cc1F. The number of anilines is 3. The Bertz CT molecular complexity index is 1760. The minimum atomic E-state index is -1.34. The summed E-state index contributed by atoms with van der Waals surface area (Å²) in [5, 5.41) is 15.6. The molecule has 6 rings (SSSR count). The molecule has 14 heteroatoms. The molecule has 3 aliphatic rings. The Labute approximate surface area is 263 Å². The molecule has 1 unspecified atom stereocenters. The van der Waals surface area contributed by atoms with Crippen LogP contribution in [-0.2, 0) is 9.53 Å². The van der Waals surface area contributed by atoms with Crippen molar-refractivity contribution in [2.24, 2.45) is 0 Å². The Balaban J connectivity index is 1.19. The second kappa shape index (κ2) is 12.6. The third-order valence-electron chi connectivity index (χ3n) is 8.73. The fraction of sp³-hybridized carbons (Fsp3) is 0.438. The van der Waals surface area contributed by atoms with Gasteiger partial charge in [0, 0.05) is 63.3 Å². The summed E-state index contributed by atoms with van der Waals surface area (Å²) in [6, 6.07) is 7.25. The third kappa shape index (κ3) is 6.21.